The fourth-order valence-corrected chi connectivity index (χ4v) is 6.00. The van der Waals surface area contributed by atoms with Gasteiger partial charge in [-0.05, 0) is 49.1 Å². The van der Waals surface area contributed by atoms with Crippen molar-refractivity contribution < 1.29 is 17.9 Å². The van der Waals surface area contributed by atoms with Crippen LogP contribution in [0.1, 0.15) is 40.4 Å². The number of rotatable bonds is 11. The zero-order valence-electron chi connectivity index (χ0n) is 22.3. The maximum Gasteiger partial charge on any atom is 0.251 e. The van der Waals surface area contributed by atoms with Crippen LogP contribution in [-0.2, 0) is 27.7 Å². The quantitative estimate of drug-likeness (QED) is 0.395. The third-order valence-electron chi connectivity index (χ3n) is 6.81. The number of nitrogens with one attached hydrogen (secondary N) is 1. The van der Waals surface area contributed by atoms with Crippen LogP contribution in [0.5, 0.6) is 0 Å². The van der Waals surface area contributed by atoms with Crippen LogP contribution in [0.15, 0.2) is 78.9 Å². The number of benzene rings is 3. The van der Waals surface area contributed by atoms with Crippen LogP contribution >= 0.6 is 0 Å². The molecular formula is C30H37N3O4S. The Balaban J connectivity index is 1.49. The summed E-state index contributed by atoms with van der Waals surface area (Å²) in [6.07, 6.45) is 0.968. The van der Waals surface area contributed by atoms with E-state index in [-0.39, 0.29) is 23.8 Å². The Morgan fingerprint density at radius 2 is 1.79 bits per heavy atom. The van der Waals surface area contributed by atoms with Crippen molar-refractivity contribution in [1.82, 2.24) is 10.2 Å². The predicted molar refractivity (Wildman–Crippen MR) is 152 cm³/mol. The Labute approximate surface area is 226 Å². The average molecular weight is 536 g/mol. The molecule has 1 aliphatic rings. The Morgan fingerprint density at radius 3 is 2.53 bits per heavy atom. The molecule has 0 aliphatic carbocycles. The van der Waals surface area contributed by atoms with E-state index in [9.17, 15) is 13.2 Å². The molecule has 8 heteroatoms. The summed E-state index contributed by atoms with van der Waals surface area (Å²) in [6.45, 7) is 5.89. The summed E-state index contributed by atoms with van der Waals surface area (Å²) in [5, 5.41) is 3.19. The summed E-state index contributed by atoms with van der Waals surface area (Å²) in [5.41, 5.74) is 4.44. The first-order chi connectivity index (χ1) is 18.2. The highest BCUT2D eigenvalue weighted by Crippen LogP contribution is 2.21. The third kappa shape index (κ3) is 7.22. The normalized spacial score (nSPS) is 16.8. The van der Waals surface area contributed by atoms with Crippen LogP contribution in [0, 0.1) is 6.92 Å². The zero-order chi connectivity index (χ0) is 27.1. The molecule has 1 saturated heterocycles. The second kappa shape index (κ2) is 12.6. The van der Waals surface area contributed by atoms with Crippen LogP contribution in [-0.4, -0.2) is 57.4 Å². The van der Waals surface area contributed by atoms with Crippen molar-refractivity contribution in [2.24, 2.45) is 0 Å². The summed E-state index contributed by atoms with van der Waals surface area (Å²) in [4.78, 5) is 15.7. The van der Waals surface area contributed by atoms with Crippen LogP contribution < -0.4 is 9.62 Å². The standard InChI is InChI=1S/C30H37N3O4S/c1-4-16-38(35,36)32(3)27-15-9-14-26(19-27)30(34)31-28(18-24-11-6-5-7-12-24)29-21-33(22-37-29)20-25-13-8-10-23(2)17-25/h5-15,17,19,28-29H,4,16,18,20-22H2,1-3H3,(H,31,34)/t28-,29+/m0/s1. The highest BCUT2D eigenvalue weighted by Gasteiger charge is 2.32. The predicted octanol–water partition coefficient (Wildman–Crippen LogP) is 4.37. The highest BCUT2D eigenvalue weighted by atomic mass is 32.2. The Bertz CT molecular complexity index is 1330. The van der Waals surface area contributed by atoms with E-state index in [2.05, 4.69) is 41.4 Å². The number of ether oxygens (including phenoxy) is 1. The van der Waals surface area contributed by atoms with Gasteiger partial charge in [-0.15, -0.1) is 0 Å². The lowest BCUT2D eigenvalue weighted by Crippen LogP contribution is -2.46. The van der Waals surface area contributed by atoms with Crippen LogP contribution in [0.2, 0.25) is 0 Å². The summed E-state index contributed by atoms with van der Waals surface area (Å²) in [7, 11) is -1.92. The summed E-state index contributed by atoms with van der Waals surface area (Å²) < 4.78 is 32.5. The van der Waals surface area contributed by atoms with E-state index in [1.165, 1.54) is 22.5 Å². The average Bonchev–Trinajstić information content (AvgIpc) is 3.37. The molecule has 202 valence electrons. The smallest absolute Gasteiger partial charge is 0.251 e. The van der Waals surface area contributed by atoms with Gasteiger partial charge in [0.2, 0.25) is 10.0 Å². The van der Waals surface area contributed by atoms with Crippen LogP contribution in [0.3, 0.4) is 0 Å². The Kier molecular flexibility index (Phi) is 9.20. The number of hydrogen-bond donors (Lipinski definition) is 1. The summed E-state index contributed by atoms with van der Waals surface area (Å²) >= 11 is 0. The SMILES string of the molecule is CCCS(=O)(=O)N(C)c1cccc(C(=O)N[C@@H](Cc2ccccc2)[C@H]2CN(Cc3cccc(C)c3)CO2)c1. The van der Waals surface area contributed by atoms with E-state index in [4.69, 9.17) is 4.74 Å². The van der Waals surface area contributed by atoms with E-state index in [0.717, 1.165) is 12.1 Å². The van der Waals surface area contributed by atoms with Gasteiger partial charge in [-0.1, -0.05) is 73.2 Å². The second-order valence-corrected chi connectivity index (χ2v) is 12.1. The molecule has 4 rings (SSSR count). The maximum absolute atomic E-state index is 13.4. The molecule has 0 bridgehead atoms. The molecule has 1 heterocycles. The molecular weight excluding hydrogens is 498 g/mol. The minimum atomic E-state index is -3.44. The van der Waals surface area contributed by atoms with Gasteiger partial charge in [0.1, 0.15) is 0 Å². The molecule has 3 aromatic rings. The molecule has 1 aliphatic heterocycles. The van der Waals surface area contributed by atoms with Crippen molar-refractivity contribution in [2.45, 2.75) is 45.4 Å². The first-order valence-electron chi connectivity index (χ1n) is 13.1. The van der Waals surface area contributed by atoms with E-state index in [0.29, 0.717) is 37.4 Å². The van der Waals surface area contributed by atoms with Gasteiger partial charge in [-0.2, -0.15) is 0 Å². The van der Waals surface area contributed by atoms with E-state index in [1.807, 2.05) is 37.3 Å². The van der Waals surface area contributed by atoms with Crippen molar-refractivity contribution in [1.29, 1.82) is 0 Å². The highest BCUT2D eigenvalue weighted by molar-refractivity contribution is 7.92. The number of sulfonamides is 1. The molecule has 0 saturated carbocycles. The van der Waals surface area contributed by atoms with E-state index in [1.54, 1.807) is 24.3 Å². The number of carbonyl (C=O) groups excluding carboxylic acids is 1. The molecule has 1 fully saturated rings. The lowest BCUT2D eigenvalue weighted by atomic mass is 10.00. The molecule has 1 amide bonds. The van der Waals surface area contributed by atoms with Crippen molar-refractivity contribution in [2.75, 3.05) is 30.4 Å². The van der Waals surface area contributed by atoms with Crippen molar-refractivity contribution >= 4 is 21.6 Å². The first-order valence-corrected chi connectivity index (χ1v) is 14.7. The number of anilines is 1. The van der Waals surface area contributed by atoms with Gasteiger partial charge in [-0.25, -0.2) is 8.42 Å². The Hall–Kier alpha value is -3.20. The monoisotopic (exact) mass is 535 g/mol. The largest absolute Gasteiger partial charge is 0.359 e. The topological polar surface area (TPSA) is 79.0 Å². The fraction of sp³-hybridized carbons (Fsp3) is 0.367. The first kappa shape index (κ1) is 27.8. The molecule has 0 spiro atoms. The molecule has 38 heavy (non-hydrogen) atoms. The Morgan fingerprint density at radius 1 is 1.05 bits per heavy atom. The molecule has 3 aromatic carbocycles. The van der Waals surface area contributed by atoms with Gasteiger partial charge in [-0.3, -0.25) is 14.0 Å². The van der Waals surface area contributed by atoms with Crippen molar-refractivity contribution in [3.63, 3.8) is 0 Å². The van der Waals surface area contributed by atoms with Gasteiger partial charge in [0.25, 0.3) is 5.91 Å². The van der Waals surface area contributed by atoms with Gasteiger partial charge < -0.3 is 10.1 Å². The van der Waals surface area contributed by atoms with E-state index < -0.39 is 10.0 Å². The minimum absolute atomic E-state index is 0.0527. The van der Waals surface area contributed by atoms with Gasteiger partial charge >= 0.3 is 0 Å². The summed E-state index contributed by atoms with van der Waals surface area (Å²) in [6, 6.07) is 25.0. The van der Waals surface area contributed by atoms with Gasteiger partial charge in [0, 0.05) is 25.7 Å². The van der Waals surface area contributed by atoms with Crippen molar-refractivity contribution in [3.05, 3.63) is 101 Å². The second-order valence-electron chi connectivity index (χ2n) is 9.94. The molecule has 0 radical (unpaired) electrons. The fourth-order valence-electron chi connectivity index (χ4n) is 4.78. The number of carbonyl (C=O) groups is 1. The third-order valence-corrected chi connectivity index (χ3v) is 8.78. The molecule has 7 nitrogen and oxygen atoms in total. The summed E-state index contributed by atoms with van der Waals surface area (Å²) in [5.74, 6) is -0.202. The lowest BCUT2D eigenvalue weighted by Gasteiger charge is -2.25. The number of nitrogens with zero attached hydrogens (tertiary/aromatic N) is 2. The molecule has 2 atom stereocenters. The lowest BCUT2D eigenvalue weighted by molar-refractivity contribution is 0.0599. The zero-order valence-corrected chi connectivity index (χ0v) is 23.2. The maximum atomic E-state index is 13.4. The van der Waals surface area contributed by atoms with E-state index >= 15 is 0 Å². The van der Waals surface area contributed by atoms with Gasteiger partial charge in [0.15, 0.2) is 0 Å². The van der Waals surface area contributed by atoms with Gasteiger partial charge in [0.05, 0.1) is 30.3 Å². The van der Waals surface area contributed by atoms with Crippen molar-refractivity contribution in [3.8, 4) is 0 Å². The molecule has 0 unspecified atom stereocenters. The van der Waals surface area contributed by atoms with Crippen LogP contribution in [0.4, 0.5) is 5.69 Å². The molecule has 1 N–H and O–H groups in total. The number of hydrogen-bond acceptors (Lipinski definition) is 5. The number of amides is 1. The number of aryl methyl sites for hydroxylation is 1. The minimum Gasteiger partial charge on any atom is -0.359 e. The van der Waals surface area contributed by atoms with Crippen LogP contribution in [0.25, 0.3) is 0 Å². The molecule has 0 aromatic heterocycles.